The molecular formula is C8H14ClNO2. The summed E-state index contributed by atoms with van der Waals surface area (Å²) < 4.78 is 5.42. The van der Waals surface area contributed by atoms with Gasteiger partial charge in [0.25, 0.3) is 0 Å². The molecule has 0 aromatic rings. The van der Waals surface area contributed by atoms with E-state index in [0.717, 1.165) is 19.4 Å². The lowest BCUT2D eigenvalue weighted by Crippen LogP contribution is -2.35. The van der Waals surface area contributed by atoms with Gasteiger partial charge in [-0.3, -0.25) is 4.79 Å². The SMILES string of the molecule is O=C(CCl)NCC1CCCCO1. The Morgan fingerprint density at radius 2 is 2.42 bits per heavy atom. The number of carbonyl (C=O) groups excluding carboxylic acids is 1. The third-order valence-electron chi connectivity index (χ3n) is 1.92. The second kappa shape index (κ2) is 5.38. The molecule has 1 unspecified atom stereocenters. The molecule has 12 heavy (non-hydrogen) atoms. The molecule has 0 bridgehead atoms. The molecule has 1 aliphatic rings. The van der Waals surface area contributed by atoms with Crippen molar-refractivity contribution < 1.29 is 9.53 Å². The zero-order valence-electron chi connectivity index (χ0n) is 7.01. The van der Waals surface area contributed by atoms with Crippen LogP contribution in [-0.2, 0) is 9.53 Å². The van der Waals surface area contributed by atoms with Crippen LogP contribution in [-0.4, -0.2) is 31.0 Å². The van der Waals surface area contributed by atoms with E-state index in [9.17, 15) is 4.79 Å². The van der Waals surface area contributed by atoms with Crippen LogP contribution in [0, 0.1) is 0 Å². The molecule has 1 saturated heterocycles. The van der Waals surface area contributed by atoms with E-state index in [1.807, 2.05) is 0 Å². The molecule has 1 fully saturated rings. The van der Waals surface area contributed by atoms with Gasteiger partial charge < -0.3 is 10.1 Å². The lowest BCUT2D eigenvalue weighted by molar-refractivity contribution is -0.119. The number of hydrogen-bond acceptors (Lipinski definition) is 2. The molecular weight excluding hydrogens is 178 g/mol. The minimum atomic E-state index is -0.120. The highest BCUT2D eigenvalue weighted by atomic mass is 35.5. The van der Waals surface area contributed by atoms with Crippen LogP contribution in [0.15, 0.2) is 0 Å². The summed E-state index contributed by atoms with van der Waals surface area (Å²) in [4.78, 5) is 10.8. The van der Waals surface area contributed by atoms with Crippen molar-refractivity contribution in [3.8, 4) is 0 Å². The van der Waals surface area contributed by atoms with E-state index in [1.165, 1.54) is 6.42 Å². The summed E-state index contributed by atoms with van der Waals surface area (Å²) >= 11 is 5.32. The molecule has 0 aliphatic carbocycles. The van der Waals surface area contributed by atoms with Crippen LogP contribution in [0.3, 0.4) is 0 Å². The highest BCUT2D eigenvalue weighted by Crippen LogP contribution is 2.11. The first kappa shape index (κ1) is 9.81. The highest BCUT2D eigenvalue weighted by molar-refractivity contribution is 6.27. The quantitative estimate of drug-likeness (QED) is 0.674. The zero-order valence-corrected chi connectivity index (χ0v) is 7.77. The van der Waals surface area contributed by atoms with Gasteiger partial charge >= 0.3 is 0 Å². The fourth-order valence-electron chi connectivity index (χ4n) is 1.24. The third kappa shape index (κ3) is 3.41. The molecule has 1 heterocycles. The summed E-state index contributed by atoms with van der Waals surface area (Å²) in [6, 6.07) is 0. The largest absolute Gasteiger partial charge is 0.376 e. The molecule has 1 atom stereocenters. The topological polar surface area (TPSA) is 38.3 Å². The molecule has 0 aromatic carbocycles. The van der Waals surface area contributed by atoms with Gasteiger partial charge in [-0.05, 0) is 19.3 Å². The van der Waals surface area contributed by atoms with Crippen molar-refractivity contribution in [3.63, 3.8) is 0 Å². The van der Waals surface area contributed by atoms with Gasteiger partial charge in [-0.15, -0.1) is 11.6 Å². The Kier molecular flexibility index (Phi) is 4.40. The lowest BCUT2D eigenvalue weighted by atomic mass is 10.1. The minimum absolute atomic E-state index is 0.0344. The fourth-order valence-corrected chi connectivity index (χ4v) is 1.34. The van der Waals surface area contributed by atoms with E-state index in [4.69, 9.17) is 16.3 Å². The van der Waals surface area contributed by atoms with Crippen LogP contribution in [0.5, 0.6) is 0 Å². The van der Waals surface area contributed by atoms with Crippen LogP contribution in [0.25, 0.3) is 0 Å². The fraction of sp³-hybridized carbons (Fsp3) is 0.875. The molecule has 0 saturated carbocycles. The van der Waals surface area contributed by atoms with Gasteiger partial charge in [-0.2, -0.15) is 0 Å². The van der Waals surface area contributed by atoms with Crippen molar-refractivity contribution in [1.29, 1.82) is 0 Å². The lowest BCUT2D eigenvalue weighted by Gasteiger charge is -2.22. The first-order valence-electron chi connectivity index (χ1n) is 4.27. The summed E-state index contributed by atoms with van der Waals surface area (Å²) in [5.74, 6) is -0.0851. The van der Waals surface area contributed by atoms with Crippen molar-refractivity contribution >= 4 is 17.5 Å². The van der Waals surface area contributed by atoms with E-state index >= 15 is 0 Å². The van der Waals surface area contributed by atoms with Crippen LogP contribution in [0.4, 0.5) is 0 Å². The number of halogens is 1. The third-order valence-corrected chi connectivity index (χ3v) is 2.17. The van der Waals surface area contributed by atoms with Crippen molar-refractivity contribution in [3.05, 3.63) is 0 Å². The molecule has 0 aromatic heterocycles. The summed E-state index contributed by atoms with van der Waals surface area (Å²) in [5, 5.41) is 2.71. The molecule has 70 valence electrons. The van der Waals surface area contributed by atoms with E-state index in [1.54, 1.807) is 0 Å². The minimum Gasteiger partial charge on any atom is -0.376 e. The summed E-state index contributed by atoms with van der Waals surface area (Å²) in [6.45, 7) is 1.42. The number of nitrogens with one attached hydrogen (secondary N) is 1. The van der Waals surface area contributed by atoms with Crippen molar-refractivity contribution in [2.45, 2.75) is 25.4 Å². The first-order chi connectivity index (χ1) is 5.83. The van der Waals surface area contributed by atoms with Gasteiger partial charge in [0.2, 0.25) is 5.91 Å². The van der Waals surface area contributed by atoms with Crippen molar-refractivity contribution in [1.82, 2.24) is 5.32 Å². The molecule has 0 radical (unpaired) electrons. The first-order valence-corrected chi connectivity index (χ1v) is 4.80. The van der Waals surface area contributed by atoms with Gasteiger partial charge in [0.15, 0.2) is 0 Å². The molecule has 3 nitrogen and oxygen atoms in total. The average Bonchev–Trinajstić information content (AvgIpc) is 2.16. The highest BCUT2D eigenvalue weighted by Gasteiger charge is 2.13. The summed E-state index contributed by atoms with van der Waals surface area (Å²) in [7, 11) is 0. The molecule has 1 amide bonds. The molecule has 1 N–H and O–H groups in total. The Morgan fingerprint density at radius 3 is 3.00 bits per heavy atom. The summed E-state index contributed by atoms with van der Waals surface area (Å²) in [5.41, 5.74) is 0. The van der Waals surface area contributed by atoms with Crippen LogP contribution in [0.2, 0.25) is 0 Å². The molecule has 4 heteroatoms. The normalized spacial score (nSPS) is 23.6. The second-order valence-electron chi connectivity index (χ2n) is 2.93. The van der Waals surface area contributed by atoms with Crippen LogP contribution >= 0.6 is 11.6 Å². The van der Waals surface area contributed by atoms with E-state index in [0.29, 0.717) is 6.54 Å². The Balaban J connectivity index is 2.09. The van der Waals surface area contributed by atoms with E-state index < -0.39 is 0 Å². The second-order valence-corrected chi connectivity index (χ2v) is 3.19. The number of hydrogen-bond donors (Lipinski definition) is 1. The maximum Gasteiger partial charge on any atom is 0.235 e. The molecule has 0 spiro atoms. The molecule has 1 aliphatic heterocycles. The van der Waals surface area contributed by atoms with E-state index in [2.05, 4.69) is 5.32 Å². The van der Waals surface area contributed by atoms with Gasteiger partial charge in [0.1, 0.15) is 5.88 Å². The number of amides is 1. The standard InChI is InChI=1S/C8H14ClNO2/c9-5-8(11)10-6-7-3-1-2-4-12-7/h7H,1-6H2,(H,10,11). The number of carbonyl (C=O) groups is 1. The smallest absolute Gasteiger partial charge is 0.235 e. The van der Waals surface area contributed by atoms with Crippen molar-refractivity contribution in [2.24, 2.45) is 0 Å². The van der Waals surface area contributed by atoms with Crippen molar-refractivity contribution in [2.75, 3.05) is 19.0 Å². The number of ether oxygens (including phenoxy) is 1. The molecule has 1 rings (SSSR count). The Bertz CT molecular complexity index is 146. The van der Waals surface area contributed by atoms with Crippen LogP contribution in [0.1, 0.15) is 19.3 Å². The predicted molar refractivity (Wildman–Crippen MR) is 47.3 cm³/mol. The maximum atomic E-state index is 10.8. The van der Waals surface area contributed by atoms with Crippen LogP contribution < -0.4 is 5.32 Å². The van der Waals surface area contributed by atoms with Gasteiger partial charge in [0.05, 0.1) is 6.10 Å². The maximum absolute atomic E-state index is 10.8. The number of rotatable bonds is 3. The monoisotopic (exact) mass is 191 g/mol. The Morgan fingerprint density at radius 1 is 1.58 bits per heavy atom. The van der Waals surface area contributed by atoms with E-state index in [-0.39, 0.29) is 17.9 Å². The van der Waals surface area contributed by atoms with Gasteiger partial charge in [0, 0.05) is 13.2 Å². The number of alkyl halides is 1. The predicted octanol–water partition coefficient (Wildman–Crippen LogP) is 0.911. The average molecular weight is 192 g/mol. The van der Waals surface area contributed by atoms with Gasteiger partial charge in [-0.1, -0.05) is 0 Å². The van der Waals surface area contributed by atoms with Gasteiger partial charge in [-0.25, -0.2) is 0 Å². The Hall–Kier alpha value is -0.280. The zero-order chi connectivity index (χ0) is 8.81. The summed E-state index contributed by atoms with van der Waals surface area (Å²) in [6.07, 6.45) is 3.58. The Labute approximate surface area is 77.4 Å².